The number of halogens is 1. The van der Waals surface area contributed by atoms with Crippen molar-refractivity contribution in [2.24, 2.45) is 10.7 Å². The summed E-state index contributed by atoms with van der Waals surface area (Å²) in [5, 5.41) is 0.761. The van der Waals surface area contributed by atoms with E-state index < -0.39 is 5.97 Å². The van der Waals surface area contributed by atoms with Gasteiger partial charge in [-0.1, -0.05) is 23.7 Å². The largest absolute Gasteiger partial charge is 0.423 e. The van der Waals surface area contributed by atoms with Gasteiger partial charge in [0.05, 0.1) is 10.5 Å². The molecule has 0 unspecified atom stereocenters. The normalized spacial score (nSPS) is 15.5. The van der Waals surface area contributed by atoms with E-state index in [0.29, 0.717) is 26.8 Å². The lowest BCUT2D eigenvalue weighted by Crippen LogP contribution is -2.08. The third-order valence-corrected chi connectivity index (χ3v) is 4.15. The average molecular weight is 359 g/mol. The molecular formula is C17H11ClN2O3S. The average Bonchev–Trinajstić information content (AvgIpc) is 2.86. The minimum absolute atomic E-state index is 0.219. The van der Waals surface area contributed by atoms with Gasteiger partial charge in [-0.15, -0.1) is 0 Å². The highest BCUT2D eigenvalue weighted by atomic mass is 35.5. The van der Waals surface area contributed by atoms with Crippen molar-refractivity contribution in [3.8, 4) is 5.75 Å². The molecular weight excluding hydrogens is 348 g/mol. The van der Waals surface area contributed by atoms with Crippen molar-refractivity contribution in [3.63, 3.8) is 0 Å². The molecule has 24 heavy (non-hydrogen) atoms. The van der Waals surface area contributed by atoms with Gasteiger partial charge in [-0.2, -0.15) is 4.99 Å². The standard InChI is InChI=1S/C17H11ClN2O3S/c18-12-6-4-11(5-7-12)16(22)23-13-3-1-2-10(8-13)9-14-15(21)20-17(19)24-14/h1-9H,(H2,19,20,21). The highest BCUT2D eigenvalue weighted by molar-refractivity contribution is 8.18. The molecule has 0 atom stereocenters. The highest BCUT2D eigenvalue weighted by Gasteiger charge is 2.19. The Balaban J connectivity index is 1.76. The number of hydrogen-bond donors (Lipinski definition) is 1. The van der Waals surface area contributed by atoms with E-state index >= 15 is 0 Å². The Hall–Kier alpha value is -2.57. The zero-order valence-electron chi connectivity index (χ0n) is 12.2. The van der Waals surface area contributed by atoms with Crippen LogP contribution in [0.25, 0.3) is 6.08 Å². The molecule has 0 fully saturated rings. The fourth-order valence-corrected chi connectivity index (χ4v) is 2.80. The number of ether oxygens (including phenoxy) is 1. The fourth-order valence-electron chi connectivity index (χ4n) is 2.00. The van der Waals surface area contributed by atoms with E-state index in [2.05, 4.69) is 4.99 Å². The van der Waals surface area contributed by atoms with Crippen LogP contribution in [-0.4, -0.2) is 17.0 Å². The van der Waals surface area contributed by atoms with Gasteiger partial charge in [0.1, 0.15) is 5.75 Å². The number of benzene rings is 2. The van der Waals surface area contributed by atoms with Crippen LogP contribution in [0.3, 0.4) is 0 Å². The van der Waals surface area contributed by atoms with E-state index in [1.165, 1.54) is 0 Å². The monoisotopic (exact) mass is 358 g/mol. The summed E-state index contributed by atoms with van der Waals surface area (Å²) in [5.74, 6) is -0.495. The first-order chi connectivity index (χ1) is 11.5. The first kappa shape index (κ1) is 16.3. The van der Waals surface area contributed by atoms with E-state index in [9.17, 15) is 9.59 Å². The third-order valence-electron chi connectivity index (χ3n) is 3.08. The molecule has 1 aliphatic heterocycles. The second kappa shape index (κ2) is 6.90. The predicted molar refractivity (Wildman–Crippen MR) is 95.0 cm³/mol. The Labute approximate surface area is 147 Å². The Morgan fingerprint density at radius 2 is 1.96 bits per heavy atom. The maximum absolute atomic E-state index is 12.1. The summed E-state index contributed by atoms with van der Waals surface area (Å²) in [6, 6.07) is 13.2. The lowest BCUT2D eigenvalue weighted by molar-refractivity contribution is -0.113. The predicted octanol–water partition coefficient (Wildman–Crippen LogP) is 3.49. The second-order valence-corrected chi connectivity index (χ2v) is 6.33. The number of amides is 1. The van der Waals surface area contributed by atoms with Crippen LogP contribution in [0.1, 0.15) is 15.9 Å². The zero-order chi connectivity index (χ0) is 17.1. The summed E-state index contributed by atoms with van der Waals surface area (Å²) in [6.07, 6.45) is 1.65. The quantitative estimate of drug-likeness (QED) is 0.516. The smallest absolute Gasteiger partial charge is 0.343 e. The summed E-state index contributed by atoms with van der Waals surface area (Å²) in [7, 11) is 0. The number of nitrogens with zero attached hydrogens (tertiary/aromatic N) is 1. The lowest BCUT2D eigenvalue weighted by Gasteiger charge is -2.05. The Bertz CT molecular complexity index is 876. The van der Waals surface area contributed by atoms with Gasteiger partial charge in [0.2, 0.25) is 0 Å². The number of carbonyl (C=O) groups is 2. The van der Waals surface area contributed by atoms with Crippen molar-refractivity contribution in [1.29, 1.82) is 0 Å². The summed E-state index contributed by atoms with van der Waals surface area (Å²) in [5.41, 5.74) is 6.61. The number of carbonyl (C=O) groups excluding carboxylic acids is 2. The Morgan fingerprint density at radius 1 is 1.21 bits per heavy atom. The maximum atomic E-state index is 12.1. The molecule has 1 heterocycles. The zero-order valence-corrected chi connectivity index (χ0v) is 13.8. The van der Waals surface area contributed by atoms with E-state index in [4.69, 9.17) is 22.1 Å². The molecule has 0 aromatic heterocycles. The molecule has 1 amide bonds. The number of aliphatic imine (C=N–C) groups is 1. The van der Waals surface area contributed by atoms with Crippen LogP contribution in [0.2, 0.25) is 5.02 Å². The lowest BCUT2D eigenvalue weighted by atomic mass is 10.2. The van der Waals surface area contributed by atoms with Crippen LogP contribution in [0.5, 0.6) is 5.75 Å². The molecule has 0 saturated heterocycles. The molecule has 5 nitrogen and oxygen atoms in total. The van der Waals surface area contributed by atoms with Crippen molar-refractivity contribution < 1.29 is 14.3 Å². The van der Waals surface area contributed by atoms with E-state index in [0.717, 1.165) is 11.8 Å². The van der Waals surface area contributed by atoms with Crippen molar-refractivity contribution in [2.75, 3.05) is 0 Å². The van der Waals surface area contributed by atoms with Crippen molar-refractivity contribution in [3.05, 3.63) is 69.6 Å². The van der Waals surface area contributed by atoms with Crippen molar-refractivity contribution in [2.45, 2.75) is 0 Å². The van der Waals surface area contributed by atoms with Gasteiger partial charge >= 0.3 is 5.97 Å². The highest BCUT2D eigenvalue weighted by Crippen LogP contribution is 2.27. The van der Waals surface area contributed by atoms with Gasteiger partial charge in [-0.3, -0.25) is 4.79 Å². The van der Waals surface area contributed by atoms with Gasteiger partial charge in [-0.25, -0.2) is 4.79 Å². The summed E-state index contributed by atoms with van der Waals surface area (Å²) in [4.78, 5) is 27.8. The van der Waals surface area contributed by atoms with Gasteiger partial charge in [-0.05, 0) is 59.8 Å². The first-order valence-electron chi connectivity index (χ1n) is 6.87. The van der Waals surface area contributed by atoms with Crippen molar-refractivity contribution >= 4 is 46.5 Å². The molecule has 2 aromatic carbocycles. The van der Waals surface area contributed by atoms with E-state index in [1.54, 1.807) is 54.6 Å². The van der Waals surface area contributed by atoms with Crippen LogP contribution in [0.15, 0.2) is 58.4 Å². The van der Waals surface area contributed by atoms with Crippen LogP contribution >= 0.6 is 23.4 Å². The first-order valence-corrected chi connectivity index (χ1v) is 8.06. The Morgan fingerprint density at radius 3 is 2.62 bits per heavy atom. The molecule has 2 N–H and O–H groups in total. The van der Waals surface area contributed by atoms with Gasteiger partial charge in [0.25, 0.3) is 5.91 Å². The number of amidine groups is 1. The molecule has 3 rings (SSSR count). The number of nitrogens with two attached hydrogens (primary N) is 1. The molecule has 0 spiro atoms. The molecule has 120 valence electrons. The maximum Gasteiger partial charge on any atom is 0.343 e. The minimum Gasteiger partial charge on any atom is -0.423 e. The summed E-state index contributed by atoms with van der Waals surface area (Å²) >= 11 is 6.90. The summed E-state index contributed by atoms with van der Waals surface area (Å²) < 4.78 is 5.34. The van der Waals surface area contributed by atoms with Crippen molar-refractivity contribution in [1.82, 2.24) is 0 Å². The van der Waals surface area contributed by atoms with E-state index in [-0.39, 0.29) is 11.1 Å². The van der Waals surface area contributed by atoms with Gasteiger partial charge in [0.15, 0.2) is 5.17 Å². The van der Waals surface area contributed by atoms with Crippen LogP contribution in [-0.2, 0) is 4.79 Å². The van der Waals surface area contributed by atoms with E-state index in [1.807, 2.05) is 0 Å². The summed E-state index contributed by atoms with van der Waals surface area (Å²) in [6.45, 7) is 0. The molecule has 0 saturated carbocycles. The Kier molecular flexibility index (Phi) is 4.69. The van der Waals surface area contributed by atoms with Crippen LogP contribution < -0.4 is 10.5 Å². The van der Waals surface area contributed by atoms with Crippen LogP contribution in [0, 0.1) is 0 Å². The molecule has 1 aliphatic rings. The third kappa shape index (κ3) is 3.84. The number of thioether (sulfide) groups is 1. The minimum atomic E-state index is -0.490. The molecule has 2 aromatic rings. The fraction of sp³-hybridized carbons (Fsp3) is 0. The number of rotatable bonds is 3. The van der Waals surface area contributed by atoms with Gasteiger partial charge in [0, 0.05) is 5.02 Å². The number of hydrogen-bond acceptors (Lipinski definition) is 5. The number of esters is 1. The van der Waals surface area contributed by atoms with Crippen LogP contribution in [0.4, 0.5) is 0 Å². The SMILES string of the molecule is NC1=NC(=O)C(=Cc2cccc(OC(=O)c3ccc(Cl)cc3)c2)S1. The molecule has 0 radical (unpaired) electrons. The van der Waals surface area contributed by atoms with Gasteiger partial charge < -0.3 is 10.5 Å². The molecule has 7 heteroatoms. The topological polar surface area (TPSA) is 81.8 Å². The molecule has 0 aliphatic carbocycles. The second-order valence-electron chi connectivity index (χ2n) is 4.83. The molecule has 0 bridgehead atoms.